The first-order valence-electron chi connectivity index (χ1n) is 9.72. The number of hydrogen-bond acceptors (Lipinski definition) is 3. The van der Waals surface area contributed by atoms with Crippen molar-refractivity contribution in [3.63, 3.8) is 0 Å². The Morgan fingerprint density at radius 1 is 0.793 bits per heavy atom. The molecule has 1 N–H and O–H groups in total. The molecule has 0 unspecified atom stereocenters. The van der Waals surface area contributed by atoms with Crippen molar-refractivity contribution < 1.29 is 14.3 Å². The summed E-state index contributed by atoms with van der Waals surface area (Å²) < 4.78 is 5.37. The molecule has 4 nitrogen and oxygen atoms in total. The fraction of sp³-hybridized carbons (Fsp3) is 0.200. The van der Waals surface area contributed by atoms with Crippen LogP contribution < -0.4 is 5.32 Å². The van der Waals surface area contributed by atoms with Crippen LogP contribution in [0, 0.1) is 0 Å². The zero-order valence-corrected chi connectivity index (χ0v) is 16.9. The van der Waals surface area contributed by atoms with Crippen molar-refractivity contribution >= 4 is 17.6 Å². The largest absolute Gasteiger partial charge is 0.449 e. The van der Waals surface area contributed by atoms with Crippen LogP contribution in [-0.2, 0) is 9.53 Å². The van der Waals surface area contributed by atoms with Crippen LogP contribution in [0.1, 0.15) is 42.6 Å². The predicted molar refractivity (Wildman–Crippen MR) is 116 cm³/mol. The van der Waals surface area contributed by atoms with E-state index in [4.69, 9.17) is 4.74 Å². The van der Waals surface area contributed by atoms with Gasteiger partial charge < -0.3 is 10.1 Å². The highest BCUT2D eigenvalue weighted by molar-refractivity contribution is 5.99. The fourth-order valence-corrected chi connectivity index (χ4v) is 2.98. The Morgan fingerprint density at radius 3 is 2.07 bits per heavy atom. The maximum atomic E-state index is 12.6. The van der Waals surface area contributed by atoms with Gasteiger partial charge in [0.05, 0.1) is 5.56 Å². The summed E-state index contributed by atoms with van der Waals surface area (Å²) in [5.74, 6) is -0.505. The molecule has 0 fully saturated rings. The third-order valence-electron chi connectivity index (χ3n) is 4.74. The van der Waals surface area contributed by atoms with Crippen LogP contribution in [0.2, 0.25) is 0 Å². The number of carbonyl (C=O) groups is 2. The molecule has 3 rings (SSSR count). The zero-order chi connectivity index (χ0) is 20.8. The quantitative estimate of drug-likeness (QED) is 0.555. The summed E-state index contributed by atoms with van der Waals surface area (Å²) in [7, 11) is 0. The van der Waals surface area contributed by atoms with Gasteiger partial charge in [0.25, 0.3) is 5.91 Å². The van der Waals surface area contributed by atoms with Gasteiger partial charge in [-0.2, -0.15) is 0 Å². The molecule has 1 amide bonds. The number of carbonyl (C=O) groups excluding carboxylic acids is 2. The summed E-state index contributed by atoms with van der Waals surface area (Å²) in [5, 5.41) is 2.87. The van der Waals surface area contributed by atoms with E-state index in [-0.39, 0.29) is 5.91 Å². The molecule has 1 atom stereocenters. The van der Waals surface area contributed by atoms with Crippen LogP contribution in [0.25, 0.3) is 11.1 Å². The van der Waals surface area contributed by atoms with Gasteiger partial charge in [-0.25, -0.2) is 4.79 Å². The normalized spacial score (nSPS) is 11.7. The maximum absolute atomic E-state index is 12.6. The molecular weight excluding hydrogens is 362 g/mol. The summed E-state index contributed by atoms with van der Waals surface area (Å²) in [5.41, 5.74) is 4.15. The fourth-order valence-electron chi connectivity index (χ4n) is 2.98. The molecule has 0 radical (unpaired) electrons. The number of rotatable bonds is 6. The maximum Gasteiger partial charge on any atom is 0.338 e. The molecule has 3 aromatic carbocycles. The van der Waals surface area contributed by atoms with Crippen LogP contribution >= 0.6 is 0 Å². The second kappa shape index (κ2) is 9.20. The van der Waals surface area contributed by atoms with Gasteiger partial charge in [-0.15, -0.1) is 0 Å². The molecule has 29 heavy (non-hydrogen) atoms. The molecule has 0 bridgehead atoms. The lowest BCUT2D eigenvalue weighted by Crippen LogP contribution is -2.30. The van der Waals surface area contributed by atoms with Crippen LogP contribution in [0.5, 0.6) is 0 Å². The number of ether oxygens (including phenoxy) is 1. The molecule has 4 heteroatoms. The van der Waals surface area contributed by atoms with E-state index in [1.54, 1.807) is 19.1 Å². The summed E-state index contributed by atoms with van der Waals surface area (Å²) in [6, 6.07) is 24.6. The van der Waals surface area contributed by atoms with E-state index in [0.29, 0.717) is 17.2 Å². The highest BCUT2D eigenvalue weighted by Gasteiger charge is 2.20. The first-order chi connectivity index (χ1) is 14.0. The van der Waals surface area contributed by atoms with Crippen molar-refractivity contribution in [2.24, 2.45) is 0 Å². The summed E-state index contributed by atoms with van der Waals surface area (Å²) >= 11 is 0. The van der Waals surface area contributed by atoms with Gasteiger partial charge in [0.1, 0.15) is 0 Å². The SMILES string of the molecule is CC(C)c1ccc(C(=O)O[C@H](C)C(=O)Nc2ccccc2-c2ccccc2)cc1. The molecule has 0 heterocycles. The first kappa shape index (κ1) is 20.3. The van der Waals surface area contributed by atoms with E-state index in [9.17, 15) is 9.59 Å². The van der Waals surface area contributed by atoms with Crippen molar-refractivity contribution in [2.75, 3.05) is 5.32 Å². The van der Waals surface area contributed by atoms with E-state index < -0.39 is 12.1 Å². The van der Waals surface area contributed by atoms with E-state index in [0.717, 1.165) is 16.7 Å². The minimum Gasteiger partial charge on any atom is -0.449 e. The molecule has 0 saturated heterocycles. The highest BCUT2D eigenvalue weighted by atomic mass is 16.5. The van der Waals surface area contributed by atoms with Crippen LogP contribution in [0.3, 0.4) is 0 Å². The topological polar surface area (TPSA) is 55.4 Å². The van der Waals surface area contributed by atoms with Gasteiger partial charge in [-0.3, -0.25) is 4.79 Å². The molecule has 0 aliphatic carbocycles. The van der Waals surface area contributed by atoms with Crippen molar-refractivity contribution in [2.45, 2.75) is 32.8 Å². The molecule has 3 aromatic rings. The summed E-state index contributed by atoms with van der Waals surface area (Å²) in [6.07, 6.45) is -0.920. The zero-order valence-electron chi connectivity index (χ0n) is 16.9. The molecule has 148 valence electrons. The standard InChI is InChI=1S/C25H25NO3/c1-17(2)19-13-15-21(16-14-19)25(28)29-18(3)24(27)26-23-12-8-7-11-22(23)20-9-5-4-6-10-20/h4-18H,1-3H3,(H,26,27)/t18-/m1/s1. The minimum atomic E-state index is -0.920. The van der Waals surface area contributed by atoms with Crippen molar-refractivity contribution in [1.29, 1.82) is 0 Å². The van der Waals surface area contributed by atoms with Gasteiger partial charge in [0.15, 0.2) is 6.10 Å². The number of anilines is 1. The number of esters is 1. The molecule has 0 aliphatic heterocycles. The molecule has 0 aliphatic rings. The molecule has 0 spiro atoms. The Kier molecular flexibility index (Phi) is 6.45. The van der Waals surface area contributed by atoms with E-state index in [1.807, 2.05) is 66.7 Å². The Hall–Kier alpha value is -3.40. The molecule has 0 saturated carbocycles. The lowest BCUT2D eigenvalue weighted by Gasteiger charge is -2.16. The van der Waals surface area contributed by atoms with Gasteiger partial charge in [-0.05, 0) is 42.2 Å². The number of nitrogens with one attached hydrogen (secondary N) is 1. The second-order valence-corrected chi connectivity index (χ2v) is 7.23. The monoisotopic (exact) mass is 387 g/mol. The molecular formula is C25H25NO3. The van der Waals surface area contributed by atoms with Gasteiger partial charge in [0, 0.05) is 11.3 Å². The van der Waals surface area contributed by atoms with Crippen molar-refractivity contribution in [1.82, 2.24) is 0 Å². The Bertz CT molecular complexity index is 978. The number of benzene rings is 3. The Morgan fingerprint density at radius 2 is 1.41 bits per heavy atom. The Balaban J connectivity index is 1.68. The first-order valence-corrected chi connectivity index (χ1v) is 9.72. The van der Waals surface area contributed by atoms with Crippen LogP contribution in [0.15, 0.2) is 78.9 Å². The van der Waals surface area contributed by atoms with Crippen LogP contribution in [0.4, 0.5) is 5.69 Å². The van der Waals surface area contributed by atoms with Gasteiger partial charge in [-0.1, -0.05) is 74.5 Å². The van der Waals surface area contributed by atoms with E-state index in [1.165, 1.54) is 0 Å². The third-order valence-corrected chi connectivity index (χ3v) is 4.74. The van der Waals surface area contributed by atoms with E-state index >= 15 is 0 Å². The third kappa shape index (κ3) is 5.11. The van der Waals surface area contributed by atoms with Crippen molar-refractivity contribution in [3.05, 3.63) is 90.0 Å². The lowest BCUT2D eigenvalue weighted by molar-refractivity contribution is -0.123. The predicted octanol–water partition coefficient (Wildman–Crippen LogP) is 5.66. The van der Waals surface area contributed by atoms with Crippen molar-refractivity contribution in [3.8, 4) is 11.1 Å². The van der Waals surface area contributed by atoms with Gasteiger partial charge >= 0.3 is 5.97 Å². The summed E-state index contributed by atoms with van der Waals surface area (Å²) in [6.45, 7) is 5.75. The minimum absolute atomic E-state index is 0.375. The average molecular weight is 387 g/mol. The van der Waals surface area contributed by atoms with Crippen LogP contribution in [-0.4, -0.2) is 18.0 Å². The number of hydrogen-bond donors (Lipinski definition) is 1. The lowest BCUT2D eigenvalue weighted by atomic mass is 10.0. The highest BCUT2D eigenvalue weighted by Crippen LogP contribution is 2.27. The van der Waals surface area contributed by atoms with E-state index in [2.05, 4.69) is 19.2 Å². The average Bonchev–Trinajstić information content (AvgIpc) is 2.74. The summed E-state index contributed by atoms with van der Waals surface area (Å²) in [4.78, 5) is 25.0. The smallest absolute Gasteiger partial charge is 0.338 e. The Labute approximate surface area is 171 Å². The van der Waals surface area contributed by atoms with Gasteiger partial charge in [0.2, 0.25) is 0 Å². The number of para-hydroxylation sites is 1. The molecule has 0 aromatic heterocycles. The number of amides is 1. The second-order valence-electron chi connectivity index (χ2n) is 7.23.